The molecule has 10 heteroatoms. The molecule has 0 aliphatic rings. The van der Waals surface area contributed by atoms with Gasteiger partial charge in [-0.05, 0) is 23.9 Å². The number of rotatable bonds is 3. The smallest absolute Gasteiger partial charge is 0.265 e. The molecular weight excluding hydrogens is 308 g/mol. The van der Waals surface area contributed by atoms with Crippen molar-refractivity contribution in [2.75, 3.05) is 0 Å². The Morgan fingerprint density at radius 2 is 2.15 bits per heavy atom. The summed E-state index contributed by atoms with van der Waals surface area (Å²) < 4.78 is 1.21. The van der Waals surface area contributed by atoms with Gasteiger partial charge in [-0.25, -0.2) is 0 Å². The molecule has 0 bridgehead atoms. The van der Waals surface area contributed by atoms with E-state index >= 15 is 0 Å². The molecular formula is C10H7ClN4O4S. The first-order chi connectivity index (χ1) is 9.40. The molecule has 8 nitrogen and oxygen atoms in total. The van der Waals surface area contributed by atoms with E-state index in [1.807, 2.05) is 0 Å². The highest BCUT2D eigenvalue weighted by Crippen LogP contribution is 2.37. The van der Waals surface area contributed by atoms with E-state index in [4.69, 9.17) is 11.6 Å². The summed E-state index contributed by atoms with van der Waals surface area (Å²) in [5, 5.41) is 13.3. The Morgan fingerprint density at radius 1 is 1.45 bits per heavy atom. The van der Waals surface area contributed by atoms with Crippen LogP contribution in [-0.2, 0) is 7.05 Å². The molecule has 0 spiro atoms. The van der Waals surface area contributed by atoms with Crippen LogP contribution in [0.4, 0.5) is 5.69 Å². The molecule has 104 valence electrons. The Hall–Kier alpha value is -2.13. The topological polar surface area (TPSA) is 111 Å². The van der Waals surface area contributed by atoms with Gasteiger partial charge in [0.1, 0.15) is 5.02 Å². The van der Waals surface area contributed by atoms with Gasteiger partial charge in [0.15, 0.2) is 5.16 Å². The number of para-hydroxylation sites is 1. The van der Waals surface area contributed by atoms with Crippen molar-refractivity contribution in [3.63, 3.8) is 0 Å². The van der Waals surface area contributed by atoms with Gasteiger partial charge < -0.3 is 0 Å². The molecule has 0 radical (unpaired) electrons. The van der Waals surface area contributed by atoms with E-state index in [2.05, 4.69) is 10.1 Å². The lowest BCUT2D eigenvalue weighted by Crippen LogP contribution is -2.33. The second kappa shape index (κ2) is 5.47. The third-order valence-corrected chi connectivity index (χ3v) is 3.68. The van der Waals surface area contributed by atoms with E-state index in [-0.39, 0.29) is 20.8 Å². The summed E-state index contributed by atoms with van der Waals surface area (Å²) in [7, 11) is 1.46. The van der Waals surface area contributed by atoms with E-state index in [0.717, 1.165) is 11.8 Å². The van der Waals surface area contributed by atoms with E-state index in [9.17, 15) is 19.7 Å². The molecule has 0 unspecified atom stereocenters. The first kappa shape index (κ1) is 14.3. The number of aryl methyl sites for hydroxylation is 1. The van der Waals surface area contributed by atoms with Gasteiger partial charge in [-0.1, -0.05) is 17.7 Å². The number of nitro benzene ring substituents is 1. The van der Waals surface area contributed by atoms with Crippen molar-refractivity contribution in [1.29, 1.82) is 0 Å². The van der Waals surface area contributed by atoms with Crippen molar-refractivity contribution in [2.45, 2.75) is 10.1 Å². The van der Waals surface area contributed by atoms with Crippen molar-refractivity contribution in [3.8, 4) is 0 Å². The normalized spacial score (nSPS) is 10.5. The van der Waals surface area contributed by atoms with Crippen molar-refractivity contribution in [3.05, 3.63) is 54.0 Å². The van der Waals surface area contributed by atoms with Crippen LogP contribution in [-0.4, -0.2) is 19.7 Å². The Morgan fingerprint density at radius 3 is 2.80 bits per heavy atom. The molecule has 0 amide bonds. The van der Waals surface area contributed by atoms with Crippen molar-refractivity contribution in [1.82, 2.24) is 14.8 Å². The molecule has 0 fully saturated rings. The number of hydrogen-bond acceptors (Lipinski definition) is 6. The van der Waals surface area contributed by atoms with E-state index < -0.39 is 16.0 Å². The maximum absolute atomic E-state index is 11.2. The number of aromatic amines is 1. The Labute approximate surface area is 120 Å². The average Bonchev–Trinajstić information content (AvgIpc) is 2.35. The third kappa shape index (κ3) is 2.73. The fourth-order valence-corrected chi connectivity index (χ4v) is 2.64. The number of hydrogen-bond donors (Lipinski definition) is 1. The molecule has 0 aliphatic heterocycles. The van der Waals surface area contributed by atoms with Gasteiger partial charge in [-0.15, -0.1) is 0 Å². The van der Waals surface area contributed by atoms with Crippen LogP contribution in [0.2, 0.25) is 5.02 Å². The van der Waals surface area contributed by atoms with Crippen molar-refractivity contribution < 1.29 is 4.92 Å². The maximum atomic E-state index is 11.2. The number of aromatic nitrogens is 3. The van der Waals surface area contributed by atoms with Gasteiger partial charge in [0, 0.05) is 7.05 Å². The van der Waals surface area contributed by atoms with Gasteiger partial charge >= 0.3 is 16.8 Å². The standard InChI is InChI=1S/C10H7ClN4O4S/c1-14-10(12-8(16)9(17)13-14)20-6-4-2-3-5(11)7(6)15(18)19/h2-4H,1H3,(H,13,17). The average molecular weight is 315 g/mol. The van der Waals surface area contributed by atoms with E-state index in [0.29, 0.717) is 0 Å². The minimum absolute atomic E-state index is 0.0191. The Kier molecular flexibility index (Phi) is 3.91. The number of nitro groups is 1. The second-order valence-electron chi connectivity index (χ2n) is 3.65. The first-order valence-electron chi connectivity index (χ1n) is 5.18. The van der Waals surface area contributed by atoms with E-state index in [1.165, 1.54) is 23.9 Å². The molecule has 0 atom stereocenters. The van der Waals surface area contributed by atoms with Crippen LogP contribution >= 0.6 is 23.4 Å². The highest BCUT2D eigenvalue weighted by molar-refractivity contribution is 7.99. The quantitative estimate of drug-likeness (QED) is 0.517. The first-order valence-corrected chi connectivity index (χ1v) is 6.37. The summed E-state index contributed by atoms with van der Waals surface area (Å²) in [6, 6.07) is 4.41. The Balaban J connectivity index is 2.54. The number of nitrogens with zero attached hydrogens (tertiary/aromatic N) is 3. The van der Waals surface area contributed by atoms with Gasteiger partial charge in [-0.2, -0.15) is 4.98 Å². The zero-order chi connectivity index (χ0) is 14.9. The fraction of sp³-hybridized carbons (Fsp3) is 0.100. The van der Waals surface area contributed by atoms with Crippen LogP contribution in [0.1, 0.15) is 0 Å². The van der Waals surface area contributed by atoms with Gasteiger partial charge in [0.25, 0.3) is 0 Å². The summed E-state index contributed by atoms with van der Waals surface area (Å²) in [5.41, 5.74) is -2.10. The highest BCUT2D eigenvalue weighted by atomic mass is 35.5. The minimum Gasteiger partial charge on any atom is -0.265 e. The summed E-state index contributed by atoms with van der Waals surface area (Å²) in [5.74, 6) is 0. The molecule has 1 heterocycles. The molecule has 20 heavy (non-hydrogen) atoms. The van der Waals surface area contributed by atoms with Crippen LogP contribution in [0.15, 0.2) is 37.8 Å². The number of nitrogens with one attached hydrogen (secondary N) is 1. The zero-order valence-electron chi connectivity index (χ0n) is 9.99. The third-order valence-electron chi connectivity index (χ3n) is 2.28. The highest BCUT2D eigenvalue weighted by Gasteiger charge is 2.20. The molecule has 2 rings (SSSR count). The van der Waals surface area contributed by atoms with Crippen LogP contribution < -0.4 is 11.1 Å². The molecule has 0 aliphatic carbocycles. The summed E-state index contributed by atoms with van der Waals surface area (Å²) in [6.45, 7) is 0. The second-order valence-corrected chi connectivity index (χ2v) is 5.06. The van der Waals surface area contributed by atoms with Gasteiger partial charge in [-0.3, -0.25) is 29.5 Å². The maximum Gasteiger partial charge on any atom is 0.339 e. The lowest BCUT2D eigenvalue weighted by molar-refractivity contribution is -0.387. The van der Waals surface area contributed by atoms with Crippen LogP contribution in [0.3, 0.4) is 0 Å². The summed E-state index contributed by atoms with van der Waals surface area (Å²) in [4.78, 5) is 36.5. The molecule has 2 aromatic rings. The van der Waals surface area contributed by atoms with Crippen LogP contribution in [0, 0.1) is 10.1 Å². The lowest BCUT2D eigenvalue weighted by Gasteiger charge is -2.06. The van der Waals surface area contributed by atoms with Crippen molar-refractivity contribution >= 4 is 29.1 Å². The van der Waals surface area contributed by atoms with Gasteiger partial charge in [0.05, 0.1) is 9.82 Å². The Bertz CT molecular complexity index is 801. The molecule has 1 aromatic heterocycles. The predicted octanol–water partition coefficient (Wildman–Crippen LogP) is 1.18. The molecule has 0 saturated carbocycles. The fourth-order valence-electron chi connectivity index (χ4n) is 1.41. The molecule has 1 aromatic carbocycles. The molecule has 0 saturated heterocycles. The monoisotopic (exact) mass is 314 g/mol. The lowest BCUT2D eigenvalue weighted by atomic mass is 10.3. The number of H-pyrrole nitrogens is 1. The predicted molar refractivity (Wildman–Crippen MR) is 72.3 cm³/mol. The summed E-state index contributed by atoms with van der Waals surface area (Å²) in [6.07, 6.45) is 0. The van der Waals surface area contributed by atoms with Crippen molar-refractivity contribution in [2.24, 2.45) is 7.05 Å². The number of benzene rings is 1. The SMILES string of the molecule is Cn1[nH]c(=O)c(=O)nc1Sc1cccc(Cl)c1[N+](=O)[O-]. The summed E-state index contributed by atoms with van der Waals surface area (Å²) >= 11 is 6.65. The minimum atomic E-state index is -0.963. The molecule has 1 N–H and O–H groups in total. The van der Waals surface area contributed by atoms with Crippen LogP contribution in [0.25, 0.3) is 0 Å². The number of halogens is 1. The van der Waals surface area contributed by atoms with Crippen LogP contribution in [0.5, 0.6) is 0 Å². The zero-order valence-corrected chi connectivity index (χ0v) is 11.6. The van der Waals surface area contributed by atoms with Gasteiger partial charge in [0.2, 0.25) is 0 Å². The largest absolute Gasteiger partial charge is 0.339 e. The van der Waals surface area contributed by atoms with E-state index in [1.54, 1.807) is 6.07 Å².